The van der Waals surface area contributed by atoms with Gasteiger partial charge in [0.2, 0.25) is 0 Å². The molecule has 5 heteroatoms. The Morgan fingerprint density at radius 1 is 0.763 bits per heavy atom. The van der Waals surface area contributed by atoms with Crippen LogP contribution in [-0.4, -0.2) is 12.5 Å². The minimum atomic E-state index is -0.0406. The van der Waals surface area contributed by atoms with Gasteiger partial charge in [-0.15, -0.1) is 0 Å². The van der Waals surface area contributed by atoms with Crippen LogP contribution in [0.4, 0.5) is 0 Å². The van der Waals surface area contributed by atoms with Crippen molar-refractivity contribution >= 4 is 5.91 Å². The normalized spacial score (nSPS) is 10.7. The summed E-state index contributed by atoms with van der Waals surface area (Å²) in [4.78, 5) is 12.5. The maximum Gasteiger partial charge on any atom is 0.252 e. The van der Waals surface area contributed by atoms with E-state index < -0.39 is 0 Å². The molecule has 214 valence electrons. The zero-order valence-electron chi connectivity index (χ0n) is 24.4. The van der Waals surface area contributed by atoms with E-state index in [0.717, 1.165) is 42.9 Å². The monoisotopic (exact) mass is 636 g/mol. The summed E-state index contributed by atoms with van der Waals surface area (Å²) in [5.41, 5.74) is 2.96. The summed E-state index contributed by atoms with van der Waals surface area (Å²) >= 11 is 0. The molecule has 2 aromatic rings. The summed E-state index contributed by atoms with van der Waals surface area (Å²) < 4.78 is 8.08. The summed E-state index contributed by atoms with van der Waals surface area (Å²) in [7, 11) is 0. The van der Waals surface area contributed by atoms with E-state index in [2.05, 4.69) is 42.8 Å². The van der Waals surface area contributed by atoms with Crippen LogP contribution in [0, 0.1) is 6.92 Å². The third kappa shape index (κ3) is 15.1. The van der Waals surface area contributed by atoms with Gasteiger partial charge < -0.3 is 34.0 Å². The first-order valence-electron chi connectivity index (χ1n) is 15.1. The van der Waals surface area contributed by atoms with Gasteiger partial charge in [-0.25, -0.2) is 4.57 Å². The standard InChI is InChI=1S/C33H52N2O2.HI/c1-4-6-7-8-9-10-11-12-13-14-15-16-17-18-26-37-32-20-19-31(29(3)27-32)28-34-33(36)30-21-24-35(23-5-2)25-22-30;/h19-22,24-25,27H,4-18,23,26,28H2,1-3H3;1H. The van der Waals surface area contributed by atoms with Crippen LogP contribution in [0.5, 0.6) is 5.75 Å². The van der Waals surface area contributed by atoms with E-state index in [1.807, 2.05) is 30.6 Å². The van der Waals surface area contributed by atoms with Gasteiger partial charge in [-0.2, -0.15) is 0 Å². The number of unbranched alkanes of at least 4 members (excludes halogenated alkanes) is 13. The third-order valence-corrected chi connectivity index (χ3v) is 7.16. The van der Waals surface area contributed by atoms with E-state index in [1.54, 1.807) is 0 Å². The second-order valence-corrected chi connectivity index (χ2v) is 10.5. The molecule has 0 fully saturated rings. The quantitative estimate of drug-likeness (QED) is 0.112. The average Bonchev–Trinajstić information content (AvgIpc) is 2.91. The van der Waals surface area contributed by atoms with Crippen LogP contribution in [0.15, 0.2) is 42.7 Å². The Labute approximate surface area is 250 Å². The minimum absolute atomic E-state index is 0. The number of benzene rings is 1. The molecule has 0 aliphatic carbocycles. The number of carbonyl (C=O) groups is 1. The molecule has 0 atom stereocenters. The lowest BCUT2D eigenvalue weighted by atomic mass is 10.0. The number of nitrogens with zero attached hydrogens (tertiary/aromatic N) is 1. The first-order chi connectivity index (χ1) is 18.1. The Hall–Kier alpha value is -1.63. The second kappa shape index (κ2) is 22.2. The number of halogens is 1. The molecule has 0 spiro atoms. The van der Waals surface area contributed by atoms with E-state index in [4.69, 9.17) is 4.74 Å². The van der Waals surface area contributed by atoms with Crippen molar-refractivity contribution in [3.63, 3.8) is 0 Å². The number of ether oxygens (including phenoxy) is 1. The molecule has 1 aromatic carbocycles. The predicted molar refractivity (Wildman–Crippen MR) is 155 cm³/mol. The first kappa shape index (κ1) is 34.4. The molecule has 0 aliphatic heterocycles. The van der Waals surface area contributed by atoms with Crippen molar-refractivity contribution in [2.45, 2.75) is 130 Å². The summed E-state index contributed by atoms with van der Waals surface area (Å²) in [6.07, 6.45) is 24.2. The lowest BCUT2D eigenvalue weighted by molar-refractivity contribution is -0.697. The van der Waals surface area contributed by atoms with Gasteiger partial charge in [-0.05, 0) is 36.6 Å². The maximum atomic E-state index is 12.5. The molecule has 0 aliphatic rings. The number of carbonyl (C=O) groups excluding carboxylic acids is 1. The summed E-state index contributed by atoms with van der Waals surface area (Å²) in [5.74, 6) is 0.881. The molecule has 0 radical (unpaired) electrons. The summed E-state index contributed by atoms with van der Waals surface area (Å²) in [6, 6.07) is 9.93. The minimum Gasteiger partial charge on any atom is -1.00 e. The molecular weight excluding hydrogens is 583 g/mol. The third-order valence-electron chi connectivity index (χ3n) is 7.16. The Morgan fingerprint density at radius 3 is 1.84 bits per heavy atom. The Morgan fingerprint density at radius 2 is 1.32 bits per heavy atom. The molecule has 1 heterocycles. The fraction of sp³-hybridized carbons (Fsp3) is 0.636. The highest BCUT2D eigenvalue weighted by Crippen LogP contribution is 2.18. The van der Waals surface area contributed by atoms with Crippen molar-refractivity contribution in [1.82, 2.24) is 5.32 Å². The molecule has 38 heavy (non-hydrogen) atoms. The fourth-order valence-electron chi connectivity index (χ4n) is 4.74. The first-order valence-corrected chi connectivity index (χ1v) is 15.1. The fourth-order valence-corrected chi connectivity index (χ4v) is 4.74. The number of hydrogen-bond donors (Lipinski definition) is 1. The molecule has 0 saturated heterocycles. The number of hydrogen-bond acceptors (Lipinski definition) is 2. The van der Waals surface area contributed by atoms with Crippen LogP contribution >= 0.6 is 0 Å². The molecular formula is C33H53IN2O2. The Kier molecular flexibility index (Phi) is 20.1. The van der Waals surface area contributed by atoms with Crippen molar-refractivity contribution in [2.24, 2.45) is 0 Å². The van der Waals surface area contributed by atoms with Gasteiger partial charge in [0.25, 0.3) is 5.91 Å². The topological polar surface area (TPSA) is 42.2 Å². The molecule has 4 nitrogen and oxygen atoms in total. The van der Waals surface area contributed by atoms with E-state index in [9.17, 15) is 4.79 Å². The van der Waals surface area contributed by atoms with Gasteiger partial charge in [0, 0.05) is 25.1 Å². The van der Waals surface area contributed by atoms with Crippen molar-refractivity contribution in [2.75, 3.05) is 6.61 Å². The smallest absolute Gasteiger partial charge is 0.252 e. The average molecular weight is 637 g/mol. The molecule has 1 aromatic heterocycles. The number of rotatable bonds is 21. The maximum absolute atomic E-state index is 12.5. The van der Waals surface area contributed by atoms with E-state index >= 15 is 0 Å². The van der Waals surface area contributed by atoms with Gasteiger partial charge in [0.1, 0.15) is 12.3 Å². The largest absolute Gasteiger partial charge is 1.00 e. The highest BCUT2D eigenvalue weighted by atomic mass is 127. The van der Waals surface area contributed by atoms with Crippen LogP contribution in [0.3, 0.4) is 0 Å². The molecule has 0 unspecified atom stereocenters. The Bertz CT molecular complexity index is 870. The van der Waals surface area contributed by atoms with E-state index in [1.165, 1.54) is 83.5 Å². The number of aromatic nitrogens is 1. The van der Waals surface area contributed by atoms with Crippen LogP contribution in [-0.2, 0) is 13.1 Å². The van der Waals surface area contributed by atoms with Crippen LogP contribution in [0.25, 0.3) is 0 Å². The van der Waals surface area contributed by atoms with Gasteiger partial charge in [-0.1, -0.05) is 103 Å². The van der Waals surface area contributed by atoms with Gasteiger partial charge in [0.15, 0.2) is 12.4 Å². The zero-order chi connectivity index (χ0) is 26.6. The van der Waals surface area contributed by atoms with Crippen LogP contribution in [0.2, 0.25) is 0 Å². The van der Waals surface area contributed by atoms with Crippen molar-refractivity contribution < 1.29 is 38.1 Å². The number of pyridine rings is 1. The molecule has 0 bridgehead atoms. The van der Waals surface area contributed by atoms with Crippen molar-refractivity contribution in [1.29, 1.82) is 0 Å². The number of amides is 1. The number of nitrogens with one attached hydrogen (secondary N) is 1. The zero-order valence-corrected chi connectivity index (χ0v) is 26.6. The number of aryl methyl sites for hydroxylation is 2. The highest BCUT2D eigenvalue weighted by Gasteiger charge is 2.09. The molecule has 1 N–H and O–H groups in total. The molecule has 1 amide bonds. The predicted octanol–water partition coefficient (Wildman–Crippen LogP) is 5.49. The van der Waals surface area contributed by atoms with Crippen molar-refractivity contribution in [3.8, 4) is 5.75 Å². The lowest BCUT2D eigenvalue weighted by Gasteiger charge is -2.11. The SMILES string of the molecule is CCCCCCCCCCCCCCCCOc1ccc(CNC(=O)c2cc[n+](CCC)cc2)c(C)c1.[I-]. The van der Waals surface area contributed by atoms with E-state index in [-0.39, 0.29) is 29.9 Å². The van der Waals surface area contributed by atoms with Gasteiger partial charge in [0.05, 0.1) is 12.2 Å². The molecule has 2 rings (SSSR count). The van der Waals surface area contributed by atoms with Gasteiger partial charge >= 0.3 is 0 Å². The highest BCUT2D eigenvalue weighted by molar-refractivity contribution is 5.93. The molecule has 0 saturated carbocycles. The lowest BCUT2D eigenvalue weighted by Crippen LogP contribution is -3.00. The van der Waals surface area contributed by atoms with Crippen LogP contribution < -0.4 is 38.6 Å². The Balaban J connectivity index is 0.00000722. The van der Waals surface area contributed by atoms with Gasteiger partial charge in [-0.3, -0.25) is 4.79 Å². The summed E-state index contributed by atoms with van der Waals surface area (Å²) in [6.45, 7) is 8.78. The summed E-state index contributed by atoms with van der Waals surface area (Å²) in [5, 5.41) is 3.04. The second-order valence-electron chi connectivity index (χ2n) is 10.5. The van der Waals surface area contributed by atoms with Crippen molar-refractivity contribution in [3.05, 3.63) is 59.4 Å². The van der Waals surface area contributed by atoms with E-state index in [0.29, 0.717) is 12.1 Å². The van der Waals surface area contributed by atoms with Crippen LogP contribution in [0.1, 0.15) is 132 Å².